The summed E-state index contributed by atoms with van der Waals surface area (Å²) in [5.41, 5.74) is 0.376. The van der Waals surface area contributed by atoms with Crippen LogP contribution in [0.15, 0.2) is 32.6 Å². The van der Waals surface area contributed by atoms with Crippen molar-refractivity contribution in [2.24, 2.45) is 0 Å². The summed E-state index contributed by atoms with van der Waals surface area (Å²) in [6, 6.07) is 5.60. The maximum Gasteiger partial charge on any atom is 0.262 e. The van der Waals surface area contributed by atoms with Crippen LogP contribution in [0.3, 0.4) is 0 Å². The molecule has 6 nitrogen and oxygen atoms in total. The largest absolute Gasteiger partial charge is 0.392 e. The number of carbonyl (C=O) groups is 1. The fourth-order valence-corrected chi connectivity index (χ4v) is 4.71. The molecule has 0 aliphatic heterocycles. The zero-order valence-electron chi connectivity index (χ0n) is 16.0. The molecular weight excluding hydrogens is 442 g/mol. The van der Waals surface area contributed by atoms with Gasteiger partial charge in [-0.25, -0.2) is 4.98 Å². The molecule has 1 amide bonds. The zero-order chi connectivity index (χ0) is 20.1. The summed E-state index contributed by atoms with van der Waals surface area (Å²) in [7, 11) is 0. The Hall–Kier alpha value is -1.38. The molecule has 2 N–H and O–H groups in total. The lowest BCUT2D eigenvalue weighted by Gasteiger charge is -2.17. The van der Waals surface area contributed by atoms with Crippen LogP contribution in [-0.2, 0) is 11.3 Å². The van der Waals surface area contributed by atoms with Crippen molar-refractivity contribution in [1.29, 1.82) is 0 Å². The topological polar surface area (TPSA) is 84.2 Å². The quantitative estimate of drug-likeness (QED) is 0.385. The number of fused-ring (bicyclic) bond motifs is 1. The number of aliphatic hydroxyl groups excluding tert-OH is 1. The predicted octanol–water partition coefficient (Wildman–Crippen LogP) is 3.47. The molecule has 28 heavy (non-hydrogen) atoms. The van der Waals surface area contributed by atoms with Crippen molar-refractivity contribution in [3.05, 3.63) is 33.0 Å². The molecule has 1 unspecified atom stereocenters. The number of halogens is 1. The van der Waals surface area contributed by atoms with Crippen LogP contribution in [0.1, 0.15) is 45.4 Å². The van der Waals surface area contributed by atoms with Crippen LogP contribution in [0.2, 0.25) is 0 Å². The van der Waals surface area contributed by atoms with E-state index in [-0.39, 0.29) is 29.8 Å². The highest BCUT2D eigenvalue weighted by Crippen LogP contribution is 2.21. The molecule has 1 aliphatic rings. The molecule has 1 fully saturated rings. The summed E-state index contributed by atoms with van der Waals surface area (Å²) in [5.74, 6) is 0.163. The fraction of sp³-hybridized carbons (Fsp3) is 0.550. The average molecular weight is 468 g/mol. The van der Waals surface area contributed by atoms with Gasteiger partial charge in [0.15, 0.2) is 5.16 Å². The molecule has 0 radical (unpaired) electrons. The fourth-order valence-electron chi connectivity index (χ4n) is 3.53. The Morgan fingerprint density at radius 2 is 2.07 bits per heavy atom. The van der Waals surface area contributed by atoms with Crippen LogP contribution in [0.5, 0.6) is 0 Å². The first-order valence-corrected chi connectivity index (χ1v) is 11.5. The van der Waals surface area contributed by atoms with Crippen LogP contribution in [-0.4, -0.2) is 38.5 Å². The summed E-state index contributed by atoms with van der Waals surface area (Å²) in [5, 5.41) is 13.9. The maximum atomic E-state index is 12.9. The lowest BCUT2D eigenvalue weighted by atomic mass is 10.1. The molecule has 2 aromatic rings. The van der Waals surface area contributed by atoms with Gasteiger partial charge in [-0.15, -0.1) is 0 Å². The van der Waals surface area contributed by atoms with E-state index in [1.54, 1.807) is 19.1 Å². The van der Waals surface area contributed by atoms with Gasteiger partial charge in [-0.05, 0) is 38.0 Å². The maximum absolute atomic E-state index is 12.9. The van der Waals surface area contributed by atoms with E-state index in [0.29, 0.717) is 16.1 Å². The minimum atomic E-state index is -0.691. The van der Waals surface area contributed by atoms with Crippen molar-refractivity contribution in [1.82, 2.24) is 14.9 Å². The van der Waals surface area contributed by atoms with Gasteiger partial charge >= 0.3 is 0 Å². The number of thioether (sulfide) groups is 1. The number of aromatic nitrogens is 2. The third-order valence-electron chi connectivity index (χ3n) is 4.88. The van der Waals surface area contributed by atoms with E-state index in [9.17, 15) is 14.7 Å². The summed E-state index contributed by atoms with van der Waals surface area (Å²) >= 11 is 4.62. The number of hydrogen-bond donors (Lipinski definition) is 2. The van der Waals surface area contributed by atoms with Gasteiger partial charge in [0.05, 0.1) is 29.3 Å². The number of aliphatic hydroxyl groups is 1. The molecule has 1 saturated carbocycles. The van der Waals surface area contributed by atoms with Crippen molar-refractivity contribution in [3.63, 3.8) is 0 Å². The SMILES string of the molecule is CC(O)Cn1c(SCC(=O)NC2CCCCCC2)nc2ccc(Br)cc2c1=O. The normalized spacial score (nSPS) is 16.7. The van der Waals surface area contributed by atoms with E-state index in [0.717, 1.165) is 30.2 Å². The Bertz CT molecular complexity index is 892. The molecule has 0 saturated heterocycles. The summed E-state index contributed by atoms with van der Waals surface area (Å²) < 4.78 is 2.26. The van der Waals surface area contributed by atoms with Crippen molar-refractivity contribution >= 4 is 44.5 Å². The lowest BCUT2D eigenvalue weighted by Crippen LogP contribution is -2.36. The molecule has 3 rings (SSSR count). The molecule has 1 aromatic carbocycles. The Labute approximate surface area is 177 Å². The lowest BCUT2D eigenvalue weighted by molar-refractivity contribution is -0.119. The number of rotatable bonds is 6. The minimum Gasteiger partial charge on any atom is -0.392 e. The third-order valence-corrected chi connectivity index (χ3v) is 6.35. The van der Waals surface area contributed by atoms with E-state index in [2.05, 4.69) is 26.2 Å². The van der Waals surface area contributed by atoms with E-state index in [1.807, 2.05) is 6.07 Å². The predicted molar refractivity (Wildman–Crippen MR) is 116 cm³/mol. The van der Waals surface area contributed by atoms with Gasteiger partial charge in [0.1, 0.15) is 0 Å². The Morgan fingerprint density at radius 1 is 1.36 bits per heavy atom. The molecule has 1 atom stereocenters. The van der Waals surface area contributed by atoms with Gasteiger partial charge in [-0.3, -0.25) is 14.2 Å². The van der Waals surface area contributed by atoms with E-state index in [1.165, 1.54) is 29.2 Å². The summed E-state index contributed by atoms with van der Waals surface area (Å²) in [6.07, 6.45) is 6.18. The van der Waals surface area contributed by atoms with Crippen LogP contribution in [0, 0.1) is 0 Å². The Kier molecular flexibility index (Phi) is 7.54. The van der Waals surface area contributed by atoms with Gasteiger partial charge in [0.2, 0.25) is 5.91 Å². The molecule has 0 bridgehead atoms. The second-order valence-electron chi connectivity index (χ2n) is 7.37. The number of benzene rings is 1. The summed E-state index contributed by atoms with van der Waals surface area (Å²) in [4.78, 5) is 29.9. The highest BCUT2D eigenvalue weighted by molar-refractivity contribution is 9.10. The molecule has 1 heterocycles. The molecule has 152 valence electrons. The van der Waals surface area contributed by atoms with Gasteiger partial charge in [0, 0.05) is 10.5 Å². The van der Waals surface area contributed by atoms with Crippen LogP contribution in [0.4, 0.5) is 0 Å². The van der Waals surface area contributed by atoms with Crippen molar-refractivity contribution in [3.8, 4) is 0 Å². The van der Waals surface area contributed by atoms with E-state index >= 15 is 0 Å². The third kappa shape index (κ3) is 5.58. The van der Waals surface area contributed by atoms with Gasteiger partial charge in [-0.1, -0.05) is 53.4 Å². The second kappa shape index (κ2) is 9.89. The van der Waals surface area contributed by atoms with E-state index in [4.69, 9.17) is 0 Å². The Balaban J connectivity index is 1.78. The van der Waals surface area contributed by atoms with Crippen molar-refractivity contribution < 1.29 is 9.90 Å². The molecule has 8 heteroatoms. The van der Waals surface area contributed by atoms with Crippen molar-refractivity contribution in [2.45, 2.75) is 69.3 Å². The standard InChI is InChI=1S/C20H26BrN3O3S/c1-13(25)11-24-19(27)16-10-14(21)8-9-17(16)23-20(24)28-12-18(26)22-15-6-4-2-3-5-7-15/h8-10,13,15,25H,2-7,11-12H2,1H3,(H,22,26). The van der Waals surface area contributed by atoms with Crippen LogP contribution < -0.4 is 10.9 Å². The van der Waals surface area contributed by atoms with E-state index < -0.39 is 6.10 Å². The highest BCUT2D eigenvalue weighted by atomic mass is 79.9. The monoisotopic (exact) mass is 467 g/mol. The van der Waals surface area contributed by atoms with Gasteiger partial charge < -0.3 is 10.4 Å². The molecule has 0 spiro atoms. The van der Waals surface area contributed by atoms with Gasteiger partial charge in [0.25, 0.3) is 5.56 Å². The Morgan fingerprint density at radius 3 is 2.75 bits per heavy atom. The average Bonchev–Trinajstić information content (AvgIpc) is 2.91. The first-order chi connectivity index (χ1) is 13.4. The van der Waals surface area contributed by atoms with Crippen LogP contribution in [0.25, 0.3) is 10.9 Å². The van der Waals surface area contributed by atoms with Crippen LogP contribution >= 0.6 is 27.7 Å². The zero-order valence-corrected chi connectivity index (χ0v) is 18.4. The van der Waals surface area contributed by atoms with Crippen molar-refractivity contribution in [2.75, 3.05) is 5.75 Å². The smallest absolute Gasteiger partial charge is 0.262 e. The highest BCUT2D eigenvalue weighted by Gasteiger charge is 2.17. The first-order valence-electron chi connectivity index (χ1n) is 9.74. The number of nitrogens with zero attached hydrogens (tertiary/aromatic N) is 2. The summed E-state index contributed by atoms with van der Waals surface area (Å²) in [6.45, 7) is 1.77. The second-order valence-corrected chi connectivity index (χ2v) is 9.22. The molecule has 1 aliphatic carbocycles. The molecular formula is C20H26BrN3O3S. The first kappa shape index (κ1) is 21.3. The number of carbonyl (C=O) groups excluding carboxylic acids is 1. The number of amides is 1. The minimum absolute atomic E-state index is 0.0364. The number of hydrogen-bond acceptors (Lipinski definition) is 5. The number of nitrogens with one attached hydrogen (secondary N) is 1. The van der Waals surface area contributed by atoms with Gasteiger partial charge in [-0.2, -0.15) is 0 Å². The molecule has 1 aromatic heterocycles.